The lowest BCUT2D eigenvalue weighted by atomic mass is 9.97. The van der Waals surface area contributed by atoms with E-state index in [1.165, 1.54) is 12.1 Å². The fourth-order valence-corrected chi connectivity index (χ4v) is 4.60. The van der Waals surface area contributed by atoms with Crippen molar-refractivity contribution < 1.29 is 9.47 Å². The summed E-state index contributed by atoms with van der Waals surface area (Å²) < 4.78 is 13.7. The molecule has 1 aromatic carbocycles. The zero-order chi connectivity index (χ0) is 21.0. The maximum atomic E-state index is 9.21. The normalized spacial score (nSPS) is 20.0. The average Bonchev–Trinajstić information content (AvgIpc) is 3.28. The van der Waals surface area contributed by atoms with E-state index in [9.17, 15) is 5.26 Å². The molecule has 0 N–H and O–H groups in total. The van der Waals surface area contributed by atoms with Gasteiger partial charge in [-0.05, 0) is 61.9 Å². The highest BCUT2D eigenvalue weighted by molar-refractivity contribution is 5.90. The van der Waals surface area contributed by atoms with Crippen molar-refractivity contribution in [3.8, 4) is 22.9 Å². The summed E-state index contributed by atoms with van der Waals surface area (Å²) in [4.78, 5) is 2.38. The van der Waals surface area contributed by atoms with E-state index < -0.39 is 0 Å². The van der Waals surface area contributed by atoms with E-state index in [1.807, 2.05) is 35.1 Å². The van der Waals surface area contributed by atoms with Crippen LogP contribution in [0.1, 0.15) is 32.1 Å². The van der Waals surface area contributed by atoms with Gasteiger partial charge >= 0.3 is 0 Å². The molecule has 0 bridgehead atoms. The minimum absolute atomic E-state index is 0.173. The summed E-state index contributed by atoms with van der Waals surface area (Å²) in [7, 11) is 0. The molecule has 0 spiro atoms. The number of ether oxygens (including phenoxy) is 2. The minimum atomic E-state index is 0.173. The number of fused-ring (bicyclic) bond motifs is 1. The molecular weight excluding hydrogens is 388 g/mol. The maximum Gasteiger partial charge on any atom is 0.119 e. The molecule has 1 atom stereocenters. The van der Waals surface area contributed by atoms with Crippen LogP contribution in [-0.2, 0) is 4.74 Å². The number of anilines is 1. The van der Waals surface area contributed by atoms with Crippen LogP contribution in [0.2, 0.25) is 0 Å². The van der Waals surface area contributed by atoms with Crippen LogP contribution in [0.5, 0.6) is 5.75 Å². The second-order valence-corrected chi connectivity index (χ2v) is 8.46. The van der Waals surface area contributed by atoms with Gasteiger partial charge in [0.05, 0.1) is 29.6 Å². The predicted molar refractivity (Wildman–Crippen MR) is 120 cm³/mol. The molecular formula is C25H28N4O2. The Labute approximate surface area is 183 Å². The highest BCUT2D eigenvalue weighted by atomic mass is 16.5. The third-order valence-electron chi connectivity index (χ3n) is 6.41. The maximum absolute atomic E-state index is 9.21. The van der Waals surface area contributed by atoms with Crippen molar-refractivity contribution in [2.75, 3.05) is 31.2 Å². The third-order valence-corrected chi connectivity index (χ3v) is 6.41. The van der Waals surface area contributed by atoms with E-state index in [0.29, 0.717) is 6.61 Å². The van der Waals surface area contributed by atoms with Crippen LogP contribution in [-0.4, -0.2) is 42.0 Å². The largest absolute Gasteiger partial charge is 0.491 e. The molecule has 3 aromatic rings. The molecule has 0 amide bonds. The van der Waals surface area contributed by atoms with Gasteiger partial charge < -0.3 is 14.4 Å². The lowest BCUT2D eigenvalue weighted by molar-refractivity contribution is -0.0110. The van der Waals surface area contributed by atoms with Gasteiger partial charge in [0.1, 0.15) is 12.4 Å². The molecule has 0 radical (unpaired) electrons. The van der Waals surface area contributed by atoms with Crippen LogP contribution >= 0.6 is 0 Å². The van der Waals surface area contributed by atoms with E-state index in [0.717, 1.165) is 67.8 Å². The van der Waals surface area contributed by atoms with Crippen molar-refractivity contribution in [2.45, 2.75) is 38.2 Å². The van der Waals surface area contributed by atoms with Gasteiger partial charge in [-0.25, -0.2) is 4.52 Å². The molecule has 1 unspecified atom stereocenters. The SMILES string of the molecule is N#CC1CCN(c2cccn3ncc(-c4ccc(OCC5CCCCO5)cc4)c23)CC1. The average molecular weight is 417 g/mol. The van der Waals surface area contributed by atoms with Crippen molar-refractivity contribution >= 4 is 11.2 Å². The number of aromatic nitrogens is 2. The summed E-state index contributed by atoms with van der Waals surface area (Å²) in [5.74, 6) is 1.04. The van der Waals surface area contributed by atoms with Gasteiger partial charge in [0.2, 0.25) is 0 Å². The molecule has 160 valence electrons. The van der Waals surface area contributed by atoms with Crippen LogP contribution in [0.25, 0.3) is 16.6 Å². The second kappa shape index (κ2) is 8.99. The second-order valence-electron chi connectivity index (χ2n) is 8.46. The Morgan fingerprint density at radius 3 is 2.68 bits per heavy atom. The number of rotatable bonds is 5. The van der Waals surface area contributed by atoms with Crippen LogP contribution in [0.4, 0.5) is 5.69 Å². The highest BCUT2D eigenvalue weighted by Gasteiger charge is 2.22. The smallest absolute Gasteiger partial charge is 0.119 e. The van der Waals surface area contributed by atoms with Crippen LogP contribution in [0.3, 0.4) is 0 Å². The zero-order valence-electron chi connectivity index (χ0n) is 17.7. The first-order valence-electron chi connectivity index (χ1n) is 11.3. The van der Waals surface area contributed by atoms with Gasteiger partial charge in [0.25, 0.3) is 0 Å². The minimum Gasteiger partial charge on any atom is -0.491 e. The molecule has 0 saturated carbocycles. The highest BCUT2D eigenvalue weighted by Crippen LogP contribution is 2.34. The quantitative estimate of drug-likeness (QED) is 0.604. The summed E-state index contributed by atoms with van der Waals surface area (Å²) in [5, 5.41) is 13.8. The molecule has 6 heteroatoms. The van der Waals surface area contributed by atoms with Crippen molar-refractivity contribution in [3.05, 3.63) is 48.8 Å². The summed E-state index contributed by atoms with van der Waals surface area (Å²) >= 11 is 0. The number of hydrogen-bond acceptors (Lipinski definition) is 5. The number of nitriles is 1. The van der Waals surface area contributed by atoms with E-state index >= 15 is 0 Å². The lowest BCUT2D eigenvalue weighted by Crippen LogP contribution is -2.33. The summed E-state index contributed by atoms with van der Waals surface area (Å²) in [6.45, 7) is 3.26. The molecule has 5 rings (SSSR count). The Morgan fingerprint density at radius 1 is 1.10 bits per heavy atom. The van der Waals surface area contributed by atoms with Crippen LogP contribution in [0.15, 0.2) is 48.8 Å². The monoisotopic (exact) mass is 416 g/mol. The van der Waals surface area contributed by atoms with Gasteiger partial charge in [-0.2, -0.15) is 10.4 Å². The molecule has 0 aliphatic carbocycles. The van der Waals surface area contributed by atoms with E-state index in [-0.39, 0.29) is 12.0 Å². The molecule has 2 aliphatic rings. The Bertz CT molecular complexity index is 1060. The topological polar surface area (TPSA) is 62.8 Å². The molecule has 31 heavy (non-hydrogen) atoms. The zero-order valence-corrected chi connectivity index (χ0v) is 17.7. The van der Waals surface area contributed by atoms with Crippen molar-refractivity contribution in [2.24, 2.45) is 5.92 Å². The molecule has 2 fully saturated rings. The Hall–Kier alpha value is -3.04. The Kier molecular flexibility index (Phi) is 5.77. The number of piperidine rings is 1. The number of nitrogens with zero attached hydrogens (tertiary/aromatic N) is 4. The van der Waals surface area contributed by atoms with Gasteiger partial charge in [-0.3, -0.25) is 0 Å². The number of hydrogen-bond donors (Lipinski definition) is 0. The third kappa shape index (κ3) is 4.24. The number of pyridine rings is 1. The number of benzene rings is 1. The first-order valence-corrected chi connectivity index (χ1v) is 11.3. The lowest BCUT2D eigenvalue weighted by Gasteiger charge is -2.31. The molecule has 6 nitrogen and oxygen atoms in total. The van der Waals surface area contributed by atoms with Gasteiger partial charge in [-0.1, -0.05) is 12.1 Å². The van der Waals surface area contributed by atoms with Crippen molar-refractivity contribution in [1.82, 2.24) is 9.61 Å². The fourth-order valence-electron chi connectivity index (χ4n) is 4.60. The van der Waals surface area contributed by atoms with Gasteiger partial charge in [0, 0.05) is 37.4 Å². The summed E-state index contributed by atoms with van der Waals surface area (Å²) in [5.41, 5.74) is 4.53. The van der Waals surface area contributed by atoms with Crippen LogP contribution in [0, 0.1) is 17.2 Å². The van der Waals surface area contributed by atoms with Gasteiger partial charge in [0.15, 0.2) is 0 Å². The van der Waals surface area contributed by atoms with E-state index in [4.69, 9.17) is 9.47 Å². The van der Waals surface area contributed by atoms with E-state index in [1.54, 1.807) is 0 Å². The molecule has 4 heterocycles. The molecule has 2 saturated heterocycles. The molecule has 2 aromatic heterocycles. The Morgan fingerprint density at radius 2 is 1.94 bits per heavy atom. The summed E-state index contributed by atoms with van der Waals surface area (Å²) in [6.07, 6.45) is 9.42. The molecule has 2 aliphatic heterocycles. The van der Waals surface area contributed by atoms with Crippen molar-refractivity contribution in [1.29, 1.82) is 5.26 Å². The van der Waals surface area contributed by atoms with Gasteiger partial charge in [-0.15, -0.1) is 0 Å². The first-order chi connectivity index (χ1) is 15.3. The predicted octanol–water partition coefficient (Wildman–Crippen LogP) is 4.69. The van der Waals surface area contributed by atoms with Crippen molar-refractivity contribution in [3.63, 3.8) is 0 Å². The first kappa shape index (κ1) is 19.9. The fraction of sp³-hybridized carbons (Fsp3) is 0.440. The standard InChI is InChI=1S/C25H28N4O2/c26-16-19-10-13-28(14-11-19)24-5-3-12-29-25(24)23(17-27-29)20-6-8-21(9-7-20)31-18-22-4-1-2-15-30-22/h3,5-9,12,17,19,22H,1-2,4,10-11,13-15,18H2. The van der Waals surface area contributed by atoms with Crippen LogP contribution < -0.4 is 9.64 Å². The Balaban J connectivity index is 1.36. The summed E-state index contributed by atoms with van der Waals surface area (Å²) in [6, 6.07) is 14.9. The van der Waals surface area contributed by atoms with E-state index in [2.05, 4.69) is 34.3 Å².